The second-order valence-corrected chi connectivity index (χ2v) is 7.22. The van der Waals surface area contributed by atoms with Gasteiger partial charge in [-0.25, -0.2) is 0 Å². The Hall–Kier alpha value is -1.01. The van der Waals surface area contributed by atoms with Crippen LogP contribution in [0, 0.1) is 5.92 Å². The third kappa shape index (κ3) is 5.23. The van der Waals surface area contributed by atoms with Gasteiger partial charge in [-0.05, 0) is 45.4 Å². The van der Waals surface area contributed by atoms with Crippen molar-refractivity contribution in [1.29, 1.82) is 0 Å². The Labute approximate surface area is 162 Å². The number of hydrogen-bond acceptors (Lipinski definition) is 4. The lowest BCUT2D eigenvalue weighted by molar-refractivity contribution is -0.150. The van der Waals surface area contributed by atoms with E-state index in [1.54, 1.807) is 13.8 Å². The number of nitrogens with zero attached hydrogens (tertiary/aromatic N) is 1. The van der Waals surface area contributed by atoms with Gasteiger partial charge in [-0.1, -0.05) is 34.8 Å². The maximum absolute atomic E-state index is 12.6. The van der Waals surface area contributed by atoms with E-state index in [0.29, 0.717) is 33.9 Å². The number of carbonyl (C=O) groups excluding carboxylic acids is 2. The molecule has 1 aromatic rings. The summed E-state index contributed by atoms with van der Waals surface area (Å²) in [7, 11) is 0. The largest absolute Gasteiger partial charge is 0.466 e. The molecule has 1 aliphatic heterocycles. The zero-order valence-corrected chi connectivity index (χ0v) is 16.4. The third-order valence-electron chi connectivity index (χ3n) is 4.27. The van der Waals surface area contributed by atoms with E-state index in [1.807, 2.05) is 4.90 Å². The van der Waals surface area contributed by atoms with Crippen LogP contribution in [0.25, 0.3) is 0 Å². The van der Waals surface area contributed by atoms with Crippen molar-refractivity contribution in [2.24, 2.45) is 5.92 Å². The molecular weight excluding hydrogens is 387 g/mol. The van der Waals surface area contributed by atoms with Crippen LogP contribution in [0.1, 0.15) is 26.7 Å². The van der Waals surface area contributed by atoms with Crippen LogP contribution in [0.3, 0.4) is 0 Å². The van der Waals surface area contributed by atoms with E-state index in [4.69, 9.17) is 39.5 Å². The average Bonchev–Trinajstić information content (AvgIpc) is 2.59. The Morgan fingerprint density at radius 2 is 1.96 bits per heavy atom. The number of hydrogen-bond donors (Lipinski definition) is 1. The molecule has 1 N–H and O–H groups in total. The smallest absolute Gasteiger partial charge is 0.310 e. The molecule has 0 spiro atoms. The Morgan fingerprint density at radius 3 is 2.64 bits per heavy atom. The standard InChI is InChI=1S/C17H21Cl3N2O3/c1-3-25-17(24)11-5-4-6-22(9-11)10(2)16(23)21-15-8-13(19)12(18)7-14(15)20/h7-8,10-11H,3-6,9H2,1-2H3,(H,21,23). The van der Waals surface area contributed by atoms with Crippen molar-refractivity contribution in [3.63, 3.8) is 0 Å². The van der Waals surface area contributed by atoms with Crippen LogP contribution in [-0.2, 0) is 14.3 Å². The number of piperidine rings is 1. The van der Waals surface area contributed by atoms with Gasteiger partial charge in [0, 0.05) is 6.54 Å². The molecule has 2 unspecified atom stereocenters. The fraction of sp³-hybridized carbons (Fsp3) is 0.529. The number of nitrogens with one attached hydrogen (secondary N) is 1. The maximum atomic E-state index is 12.6. The molecule has 1 aromatic carbocycles. The molecule has 0 aliphatic carbocycles. The van der Waals surface area contributed by atoms with Crippen LogP contribution in [-0.4, -0.2) is 42.5 Å². The molecular formula is C17H21Cl3N2O3. The van der Waals surface area contributed by atoms with E-state index in [-0.39, 0.29) is 17.8 Å². The molecule has 25 heavy (non-hydrogen) atoms. The number of benzene rings is 1. The first-order valence-electron chi connectivity index (χ1n) is 8.19. The molecule has 8 heteroatoms. The molecule has 1 aliphatic rings. The number of likely N-dealkylation sites (tertiary alicyclic amines) is 1. The number of carbonyl (C=O) groups is 2. The van der Waals surface area contributed by atoms with Crippen LogP contribution in [0.15, 0.2) is 12.1 Å². The lowest BCUT2D eigenvalue weighted by Gasteiger charge is -2.35. The summed E-state index contributed by atoms with van der Waals surface area (Å²) >= 11 is 18.0. The lowest BCUT2D eigenvalue weighted by Crippen LogP contribution is -2.48. The third-order valence-corrected chi connectivity index (χ3v) is 5.30. The van der Waals surface area contributed by atoms with Crippen LogP contribution in [0.4, 0.5) is 5.69 Å². The van der Waals surface area contributed by atoms with E-state index in [2.05, 4.69) is 5.32 Å². The highest BCUT2D eigenvalue weighted by atomic mass is 35.5. The molecule has 2 atom stereocenters. The van der Waals surface area contributed by atoms with E-state index in [0.717, 1.165) is 19.4 Å². The van der Waals surface area contributed by atoms with E-state index in [9.17, 15) is 9.59 Å². The number of amides is 1. The average molecular weight is 408 g/mol. The topological polar surface area (TPSA) is 58.6 Å². The summed E-state index contributed by atoms with van der Waals surface area (Å²) in [4.78, 5) is 26.5. The van der Waals surface area contributed by atoms with Gasteiger partial charge in [0.2, 0.25) is 5.91 Å². The first-order chi connectivity index (χ1) is 11.8. The summed E-state index contributed by atoms with van der Waals surface area (Å²) in [6.07, 6.45) is 1.62. The molecule has 1 heterocycles. The SMILES string of the molecule is CCOC(=O)C1CCCN(C(C)C(=O)Nc2cc(Cl)c(Cl)cc2Cl)C1. The minimum absolute atomic E-state index is 0.197. The molecule has 0 saturated carbocycles. The fourth-order valence-corrected chi connectivity index (χ4v) is 3.43. The monoisotopic (exact) mass is 406 g/mol. The number of esters is 1. The summed E-state index contributed by atoms with van der Waals surface area (Å²) in [5.74, 6) is -0.616. The van der Waals surface area contributed by atoms with Crippen LogP contribution < -0.4 is 5.32 Å². The molecule has 0 aromatic heterocycles. The molecule has 1 amide bonds. The summed E-state index contributed by atoms with van der Waals surface area (Å²) in [5.41, 5.74) is 0.409. The summed E-state index contributed by atoms with van der Waals surface area (Å²) in [6, 6.07) is 2.60. The first kappa shape index (κ1) is 20.3. The van der Waals surface area contributed by atoms with Crippen molar-refractivity contribution in [2.45, 2.75) is 32.7 Å². The molecule has 138 valence electrons. The van der Waals surface area contributed by atoms with E-state index < -0.39 is 6.04 Å². The quantitative estimate of drug-likeness (QED) is 0.585. The fourth-order valence-electron chi connectivity index (χ4n) is 2.83. The highest BCUT2D eigenvalue weighted by Gasteiger charge is 2.31. The number of anilines is 1. The van der Waals surface area contributed by atoms with Gasteiger partial charge < -0.3 is 10.1 Å². The van der Waals surface area contributed by atoms with Crippen molar-refractivity contribution < 1.29 is 14.3 Å². The molecule has 1 saturated heterocycles. The second-order valence-electron chi connectivity index (χ2n) is 6.00. The van der Waals surface area contributed by atoms with Gasteiger partial charge in [-0.2, -0.15) is 0 Å². The highest BCUT2D eigenvalue weighted by molar-refractivity contribution is 6.44. The summed E-state index contributed by atoms with van der Waals surface area (Å²) < 4.78 is 5.09. The van der Waals surface area contributed by atoms with Gasteiger partial charge >= 0.3 is 5.97 Å². The summed E-state index contributed by atoms with van der Waals surface area (Å²) in [5, 5.41) is 3.73. The minimum atomic E-state index is -0.414. The maximum Gasteiger partial charge on any atom is 0.310 e. The lowest BCUT2D eigenvalue weighted by atomic mass is 9.97. The molecule has 5 nitrogen and oxygen atoms in total. The Bertz CT molecular complexity index is 654. The Balaban J connectivity index is 2.02. The van der Waals surface area contributed by atoms with Crippen molar-refractivity contribution in [3.8, 4) is 0 Å². The highest BCUT2D eigenvalue weighted by Crippen LogP contribution is 2.32. The molecule has 0 radical (unpaired) electrons. The first-order valence-corrected chi connectivity index (χ1v) is 9.33. The number of rotatable bonds is 5. The number of ether oxygens (including phenoxy) is 1. The van der Waals surface area contributed by atoms with Crippen LogP contribution in [0.5, 0.6) is 0 Å². The van der Waals surface area contributed by atoms with Gasteiger partial charge in [0.05, 0.1) is 39.3 Å². The number of halogens is 3. The van der Waals surface area contributed by atoms with Crippen molar-refractivity contribution >= 4 is 52.4 Å². The molecule has 2 rings (SSSR count). The van der Waals surface area contributed by atoms with Crippen LogP contribution >= 0.6 is 34.8 Å². The zero-order valence-electron chi connectivity index (χ0n) is 14.2. The van der Waals surface area contributed by atoms with Crippen molar-refractivity contribution in [2.75, 3.05) is 25.0 Å². The van der Waals surface area contributed by atoms with Crippen LogP contribution in [0.2, 0.25) is 15.1 Å². The Kier molecular flexibility index (Phi) is 7.37. The second kappa shape index (κ2) is 9.08. The molecule has 0 bridgehead atoms. The zero-order chi connectivity index (χ0) is 18.6. The van der Waals surface area contributed by atoms with Gasteiger partial charge in [-0.15, -0.1) is 0 Å². The molecule has 1 fully saturated rings. The normalized spacial score (nSPS) is 19.3. The predicted molar refractivity (Wildman–Crippen MR) is 100 cm³/mol. The van der Waals surface area contributed by atoms with Gasteiger partial charge in [0.1, 0.15) is 0 Å². The van der Waals surface area contributed by atoms with Crippen molar-refractivity contribution in [3.05, 3.63) is 27.2 Å². The van der Waals surface area contributed by atoms with Gasteiger partial charge in [-0.3, -0.25) is 14.5 Å². The van der Waals surface area contributed by atoms with E-state index >= 15 is 0 Å². The minimum Gasteiger partial charge on any atom is -0.466 e. The van der Waals surface area contributed by atoms with Crippen molar-refractivity contribution in [1.82, 2.24) is 4.90 Å². The van der Waals surface area contributed by atoms with Gasteiger partial charge in [0.25, 0.3) is 0 Å². The Morgan fingerprint density at radius 1 is 1.28 bits per heavy atom. The summed E-state index contributed by atoms with van der Waals surface area (Å²) in [6.45, 7) is 5.20. The predicted octanol–water partition coefficient (Wildman–Crippen LogP) is 4.25. The van der Waals surface area contributed by atoms with Gasteiger partial charge in [0.15, 0.2) is 0 Å². The van der Waals surface area contributed by atoms with E-state index in [1.165, 1.54) is 12.1 Å².